The highest BCUT2D eigenvalue weighted by Gasteiger charge is 2.20. The van der Waals surface area contributed by atoms with Crippen molar-refractivity contribution in [2.75, 3.05) is 48.5 Å². The summed E-state index contributed by atoms with van der Waals surface area (Å²) >= 11 is 12.1. The molecule has 0 bridgehead atoms. The van der Waals surface area contributed by atoms with E-state index in [0.717, 1.165) is 57.4 Å². The Balaban J connectivity index is 1.30. The number of nitrogens with one attached hydrogen (secondary N) is 1. The van der Waals surface area contributed by atoms with Gasteiger partial charge in [0.25, 0.3) is 0 Å². The summed E-state index contributed by atoms with van der Waals surface area (Å²) in [6.07, 6.45) is 8.60. The number of piperidine rings is 2. The van der Waals surface area contributed by atoms with Gasteiger partial charge in [0.15, 0.2) is 11.5 Å². The monoisotopic (exact) mass is 583 g/mol. The molecule has 2 aliphatic rings. The zero-order chi connectivity index (χ0) is 27.9. The number of hydrazone groups is 1. The molecule has 1 aromatic heterocycles. The van der Waals surface area contributed by atoms with Gasteiger partial charge in [-0.15, -0.1) is 0 Å². The lowest BCUT2D eigenvalue weighted by Gasteiger charge is -2.30. The second-order valence-electron chi connectivity index (χ2n) is 9.65. The van der Waals surface area contributed by atoms with Crippen LogP contribution in [0.25, 0.3) is 0 Å². The Morgan fingerprint density at radius 1 is 0.875 bits per heavy atom. The number of ether oxygens (including phenoxy) is 2. The Morgan fingerprint density at radius 2 is 1.52 bits per heavy atom. The molecule has 10 nitrogen and oxygen atoms in total. The van der Waals surface area contributed by atoms with Crippen molar-refractivity contribution < 1.29 is 14.3 Å². The predicted octanol–water partition coefficient (Wildman–Crippen LogP) is 5.83. The Kier molecular flexibility index (Phi) is 9.18. The maximum Gasteiger partial charge on any atom is 0.345 e. The quantitative estimate of drug-likeness (QED) is 0.152. The molecule has 2 saturated heterocycles. The van der Waals surface area contributed by atoms with Crippen LogP contribution in [0.4, 0.5) is 17.8 Å². The van der Waals surface area contributed by atoms with E-state index in [0.29, 0.717) is 28.6 Å². The van der Waals surface area contributed by atoms with Gasteiger partial charge in [0.2, 0.25) is 17.8 Å². The van der Waals surface area contributed by atoms with Crippen LogP contribution in [-0.2, 0) is 0 Å². The van der Waals surface area contributed by atoms with Crippen LogP contribution in [0.2, 0.25) is 10.0 Å². The summed E-state index contributed by atoms with van der Waals surface area (Å²) in [5, 5.41) is 4.99. The summed E-state index contributed by atoms with van der Waals surface area (Å²) in [6, 6.07) is 9.68. The molecule has 3 heterocycles. The molecule has 3 aromatic rings. The summed E-state index contributed by atoms with van der Waals surface area (Å²) in [5.74, 6) is 1.75. The third kappa shape index (κ3) is 6.92. The van der Waals surface area contributed by atoms with Gasteiger partial charge in [-0.05, 0) is 80.5 Å². The van der Waals surface area contributed by atoms with Gasteiger partial charge in [-0.25, -0.2) is 10.2 Å². The fourth-order valence-electron chi connectivity index (χ4n) is 4.70. The van der Waals surface area contributed by atoms with E-state index in [2.05, 4.69) is 30.3 Å². The van der Waals surface area contributed by atoms with Gasteiger partial charge in [0.05, 0.1) is 23.9 Å². The van der Waals surface area contributed by atoms with E-state index in [1.165, 1.54) is 32.1 Å². The molecule has 5 rings (SSSR count). The molecule has 0 unspecified atom stereocenters. The highest BCUT2D eigenvalue weighted by Crippen LogP contribution is 2.30. The molecule has 0 atom stereocenters. The standard InChI is InChI=1S/C28H31Cl2N7O3/c1-39-24-16-19(8-11-23(24)40-25(38)21-10-9-20(29)17-22(21)30)18-31-35-26-32-27(36-12-4-2-5-13-36)34-28(33-26)37-14-6-3-7-15-37/h8-11,16-18H,2-7,12-15H2,1H3,(H,32,33,34,35)/b31-18+. The molecule has 2 aromatic carbocycles. The molecule has 2 fully saturated rings. The first-order valence-electron chi connectivity index (χ1n) is 13.4. The normalized spacial score (nSPS) is 15.8. The van der Waals surface area contributed by atoms with Crippen molar-refractivity contribution in [2.24, 2.45) is 5.10 Å². The first-order valence-corrected chi connectivity index (χ1v) is 14.2. The Hall–Kier alpha value is -3.63. The molecule has 0 spiro atoms. The molecule has 12 heteroatoms. The first kappa shape index (κ1) is 27.9. The SMILES string of the molecule is COc1cc(/C=N/Nc2nc(N3CCCCC3)nc(N3CCCCC3)n2)ccc1OC(=O)c1ccc(Cl)cc1Cl. The van der Waals surface area contributed by atoms with E-state index >= 15 is 0 Å². The number of nitrogens with zero attached hydrogens (tertiary/aromatic N) is 6. The summed E-state index contributed by atoms with van der Waals surface area (Å²) in [4.78, 5) is 31.2. The van der Waals surface area contributed by atoms with Crippen molar-refractivity contribution in [1.82, 2.24) is 15.0 Å². The smallest absolute Gasteiger partial charge is 0.345 e. The summed E-state index contributed by atoms with van der Waals surface area (Å²) in [5.41, 5.74) is 3.89. The predicted molar refractivity (Wildman–Crippen MR) is 158 cm³/mol. The number of carbonyl (C=O) groups is 1. The van der Waals surface area contributed by atoms with Gasteiger partial charge in [-0.3, -0.25) is 0 Å². The number of halogens is 2. The van der Waals surface area contributed by atoms with Gasteiger partial charge >= 0.3 is 5.97 Å². The van der Waals surface area contributed by atoms with Gasteiger partial charge in [0.1, 0.15) is 0 Å². The third-order valence-electron chi connectivity index (χ3n) is 6.81. The number of hydrogen-bond donors (Lipinski definition) is 1. The lowest BCUT2D eigenvalue weighted by Crippen LogP contribution is -2.34. The van der Waals surface area contributed by atoms with Crippen LogP contribution in [0.1, 0.15) is 54.4 Å². The summed E-state index contributed by atoms with van der Waals surface area (Å²) in [7, 11) is 1.50. The Morgan fingerprint density at radius 3 is 2.12 bits per heavy atom. The molecule has 210 valence electrons. The molecule has 0 amide bonds. The van der Waals surface area contributed by atoms with Gasteiger partial charge in [0, 0.05) is 31.2 Å². The van der Waals surface area contributed by atoms with Gasteiger partial charge in [-0.2, -0.15) is 20.1 Å². The number of methoxy groups -OCH3 is 1. The fourth-order valence-corrected chi connectivity index (χ4v) is 5.18. The number of aromatic nitrogens is 3. The molecular formula is C28H31Cl2N7O3. The minimum atomic E-state index is -0.619. The second kappa shape index (κ2) is 13.1. The number of hydrogen-bond acceptors (Lipinski definition) is 10. The number of anilines is 3. The average Bonchev–Trinajstić information content (AvgIpc) is 2.98. The largest absolute Gasteiger partial charge is 0.493 e. The van der Waals surface area contributed by atoms with Crippen molar-refractivity contribution in [3.63, 3.8) is 0 Å². The number of rotatable bonds is 8. The van der Waals surface area contributed by atoms with Crippen LogP contribution in [0.3, 0.4) is 0 Å². The van der Waals surface area contributed by atoms with Gasteiger partial charge < -0.3 is 19.3 Å². The zero-order valence-electron chi connectivity index (χ0n) is 22.3. The lowest BCUT2D eigenvalue weighted by molar-refractivity contribution is 0.0730. The number of carbonyl (C=O) groups excluding carboxylic acids is 1. The highest BCUT2D eigenvalue weighted by atomic mass is 35.5. The number of esters is 1. The van der Waals surface area contributed by atoms with E-state index in [-0.39, 0.29) is 16.3 Å². The van der Waals surface area contributed by atoms with Crippen LogP contribution in [0, 0.1) is 0 Å². The highest BCUT2D eigenvalue weighted by molar-refractivity contribution is 6.36. The summed E-state index contributed by atoms with van der Waals surface area (Å²) < 4.78 is 11.0. The maximum absolute atomic E-state index is 12.6. The minimum absolute atomic E-state index is 0.202. The van der Waals surface area contributed by atoms with Crippen LogP contribution >= 0.6 is 23.2 Å². The molecule has 0 saturated carbocycles. The van der Waals surface area contributed by atoms with Crippen molar-refractivity contribution >= 4 is 53.2 Å². The maximum atomic E-state index is 12.6. The van der Waals surface area contributed by atoms with Crippen molar-refractivity contribution in [3.8, 4) is 11.5 Å². The molecule has 40 heavy (non-hydrogen) atoms. The minimum Gasteiger partial charge on any atom is -0.493 e. The lowest BCUT2D eigenvalue weighted by atomic mass is 10.1. The van der Waals surface area contributed by atoms with E-state index < -0.39 is 5.97 Å². The van der Waals surface area contributed by atoms with E-state index in [1.807, 2.05) is 0 Å². The topological polar surface area (TPSA) is 105 Å². The van der Waals surface area contributed by atoms with Crippen molar-refractivity contribution in [1.29, 1.82) is 0 Å². The average molecular weight is 585 g/mol. The second-order valence-corrected chi connectivity index (χ2v) is 10.5. The molecule has 0 radical (unpaired) electrons. The van der Waals surface area contributed by atoms with Crippen LogP contribution in [0.5, 0.6) is 11.5 Å². The van der Waals surface area contributed by atoms with Crippen molar-refractivity contribution in [3.05, 3.63) is 57.6 Å². The van der Waals surface area contributed by atoms with Gasteiger partial charge in [-0.1, -0.05) is 23.2 Å². The van der Waals surface area contributed by atoms with E-state index in [4.69, 9.17) is 37.7 Å². The third-order valence-corrected chi connectivity index (χ3v) is 7.36. The fraction of sp³-hybridized carbons (Fsp3) is 0.393. The first-order chi connectivity index (χ1) is 19.5. The molecule has 1 N–H and O–H groups in total. The van der Waals surface area contributed by atoms with Crippen molar-refractivity contribution in [2.45, 2.75) is 38.5 Å². The number of benzene rings is 2. The van der Waals surface area contributed by atoms with Crippen LogP contribution in [-0.4, -0.2) is 60.4 Å². The van der Waals surface area contributed by atoms with Crippen LogP contribution in [0.15, 0.2) is 41.5 Å². The molecule has 2 aliphatic heterocycles. The Bertz CT molecular complexity index is 1340. The Labute approximate surface area is 243 Å². The van der Waals surface area contributed by atoms with E-state index in [1.54, 1.807) is 30.5 Å². The molecule has 0 aliphatic carbocycles. The summed E-state index contributed by atoms with van der Waals surface area (Å²) in [6.45, 7) is 3.75. The van der Waals surface area contributed by atoms with E-state index in [9.17, 15) is 4.79 Å². The molecular weight excluding hydrogens is 553 g/mol. The zero-order valence-corrected chi connectivity index (χ0v) is 23.8. The van der Waals surface area contributed by atoms with Crippen LogP contribution < -0.4 is 24.7 Å².